The molecule has 3 aliphatic carbocycles. The van der Waals surface area contributed by atoms with Crippen molar-refractivity contribution in [2.75, 3.05) is 25.5 Å². The number of likely N-dealkylation sites (tertiary alicyclic amines) is 1. The van der Waals surface area contributed by atoms with E-state index >= 15 is 0 Å². The Labute approximate surface area is 276 Å². The third-order valence-electron chi connectivity index (χ3n) is 10.1. The average molecular weight is 698 g/mol. The van der Waals surface area contributed by atoms with Gasteiger partial charge in [-0.1, -0.05) is 11.6 Å². The van der Waals surface area contributed by atoms with Crippen molar-refractivity contribution in [1.29, 1.82) is 0 Å². The van der Waals surface area contributed by atoms with Crippen molar-refractivity contribution in [3.05, 3.63) is 70.6 Å². The van der Waals surface area contributed by atoms with Crippen LogP contribution in [0.2, 0.25) is 0 Å². The number of allylic oxidation sites excluding steroid dienone is 1. The average Bonchev–Trinajstić information content (AvgIpc) is 3.69. The molecule has 2 bridgehead atoms. The van der Waals surface area contributed by atoms with Crippen molar-refractivity contribution in [2.24, 2.45) is 23.7 Å². The molecule has 4 aliphatic rings. The van der Waals surface area contributed by atoms with Gasteiger partial charge < -0.3 is 25.4 Å². The molecular weight excluding hydrogens is 663 g/mol. The molecule has 6 atom stereocenters. The number of rotatable bonds is 7. The standard InChI is InChI=1S/C34H34F7N3O5/c1-49-27-7-2-16(21-14-22(21)32(48)44-10-8-18(45)9-11-44)12-23(27)30(46)43-29-20-5-4-19(24(20)15-33(36,37)38)28(29)31(47)42-17-3-6-26(35)25(13-17)34(39,40)41/h2-3,6-7,12-13,15,18-22,28-29,45H,4-5,8-11,14H2,1H3,(H,42,47)(H,43,46)/b24-15-/t19-,20+,21+,22+,28-,29+/m0/s1. The molecule has 4 fully saturated rings. The summed E-state index contributed by atoms with van der Waals surface area (Å²) in [6, 6.07) is 5.52. The zero-order chi connectivity index (χ0) is 35.4. The van der Waals surface area contributed by atoms with Crippen LogP contribution >= 0.6 is 0 Å². The van der Waals surface area contributed by atoms with Gasteiger partial charge in [0.15, 0.2) is 0 Å². The molecule has 3 saturated carbocycles. The van der Waals surface area contributed by atoms with Gasteiger partial charge in [-0.15, -0.1) is 0 Å². The van der Waals surface area contributed by atoms with E-state index in [-0.39, 0.29) is 53.5 Å². The number of amides is 3. The second kappa shape index (κ2) is 13.0. The molecule has 3 N–H and O–H groups in total. The van der Waals surface area contributed by atoms with E-state index in [2.05, 4.69) is 10.6 Å². The van der Waals surface area contributed by atoms with Gasteiger partial charge in [0.25, 0.3) is 5.91 Å². The summed E-state index contributed by atoms with van der Waals surface area (Å²) in [5.74, 6) is -6.72. The Morgan fingerprint density at radius 1 is 0.939 bits per heavy atom. The Morgan fingerprint density at radius 3 is 2.29 bits per heavy atom. The van der Waals surface area contributed by atoms with Gasteiger partial charge in [-0.2, -0.15) is 26.3 Å². The number of carbonyl (C=O) groups excluding carboxylic acids is 3. The van der Waals surface area contributed by atoms with Crippen molar-refractivity contribution in [2.45, 2.75) is 62.5 Å². The molecule has 0 aromatic heterocycles. The van der Waals surface area contributed by atoms with Crippen LogP contribution in [0.15, 0.2) is 48.0 Å². The molecule has 0 spiro atoms. The van der Waals surface area contributed by atoms with Gasteiger partial charge in [-0.3, -0.25) is 14.4 Å². The molecule has 8 nitrogen and oxygen atoms in total. The predicted octanol–water partition coefficient (Wildman–Crippen LogP) is 5.82. The number of aliphatic hydroxyl groups excluding tert-OH is 1. The number of nitrogens with one attached hydrogen (secondary N) is 2. The molecule has 3 amide bonds. The minimum absolute atomic E-state index is 0.0378. The highest BCUT2D eigenvalue weighted by atomic mass is 19.4. The van der Waals surface area contributed by atoms with Gasteiger partial charge in [-0.25, -0.2) is 4.39 Å². The van der Waals surface area contributed by atoms with E-state index in [9.17, 15) is 50.2 Å². The fourth-order valence-electron chi connectivity index (χ4n) is 7.75. The van der Waals surface area contributed by atoms with Crippen LogP contribution in [0.5, 0.6) is 5.75 Å². The number of fused-ring (bicyclic) bond motifs is 2. The summed E-state index contributed by atoms with van der Waals surface area (Å²) >= 11 is 0. The lowest BCUT2D eigenvalue weighted by Gasteiger charge is -2.30. The summed E-state index contributed by atoms with van der Waals surface area (Å²) in [7, 11) is 1.33. The van der Waals surface area contributed by atoms with E-state index in [0.29, 0.717) is 50.0 Å². The maximum absolute atomic E-state index is 13.9. The number of aliphatic hydroxyl groups is 1. The highest BCUT2D eigenvalue weighted by Gasteiger charge is 2.56. The first-order chi connectivity index (χ1) is 23.1. The quantitative estimate of drug-likeness (QED) is 0.250. The lowest BCUT2D eigenvalue weighted by molar-refractivity contribution is -0.140. The van der Waals surface area contributed by atoms with E-state index < -0.39 is 71.1 Å². The number of anilines is 1. The van der Waals surface area contributed by atoms with E-state index in [4.69, 9.17) is 4.74 Å². The van der Waals surface area contributed by atoms with Crippen LogP contribution < -0.4 is 15.4 Å². The highest BCUT2D eigenvalue weighted by molar-refractivity contribution is 5.99. The minimum atomic E-state index is -5.06. The number of ether oxygens (including phenoxy) is 1. The second-order valence-corrected chi connectivity index (χ2v) is 13.1. The number of hydrogen-bond acceptors (Lipinski definition) is 5. The van der Waals surface area contributed by atoms with Gasteiger partial charge >= 0.3 is 12.4 Å². The molecule has 2 aromatic carbocycles. The maximum atomic E-state index is 13.9. The van der Waals surface area contributed by atoms with E-state index in [1.54, 1.807) is 23.1 Å². The van der Waals surface area contributed by atoms with Crippen LogP contribution in [-0.4, -0.2) is 66.2 Å². The number of nitrogens with zero attached hydrogens (tertiary/aromatic N) is 1. The summed E-state index contributed by atoms with van der Waals surface area (Å²) in [5.41, 5.74) is -1.40. The number of benzene rings is 2. The van der Waals surface area contributed by atoms with Crippen molar-refractivity contribution in [3.63, 3.8) is 0 Å². The first-order valence-corrected chi connectivity index (χ1v) is 16.0. The van der Waals surface area contributed by atoms with Crippen LogP contribution in [0, 0.1) is 29.5 Å². The van der Waals surface area contributed by atoms with Gasteiger partial charge in [0, 0.05) is 42.7 Å². The molecule has 1 heterocycles. The monoisotopic (exact) mass is 697 g/mol. The van der Waals surface area contributed by atoms with E-state index in [0.717, 1.165) is 6.07 Å². The lowest BCUT2D eigenvalue weighted by atomic mass is 9.83. The summed E-state index contributed by atoms with van der Waals surface area (Å²) in [4.78, 5) is 42.2. The number of halogens is 7. The minimum Gasteiger partial charge on any atom is -0.496 e. The molecular formula is C34H34F7N3O5. The normalized spacial score (nSPS) is 27.7. The molecule has 2 aromatic rings. The third kappa shape index (κ3) is 7.12. The SMILES string of the molecule is COc1ccc([C@H]2C[C@H]2C(=O)N2CCC(O)CC2)cc1C(=O)N[C@H]1[C@@H](C(=O)Nc2ccc(F)c(C(F)(F)F)c2)[C@H]2CC[C@@H]1/C2=C\C(F)(F)F. The van der Waals surface area contributed by atoms with Gasteiger partial charge in [0.1, 0.15) is 11.6 Å². The molecule has 1 saturated heterocycles. The fourth-order valence-corrected chi connectivity index (χ4v) is 7.75. The van der Waals surface area contributed by atoms with Crippen LogP contribution in [0.3, 0.4) is 0 Å². The molecule has 0 unspecified atom stereocenters. The topological polar surface area (TPSA) is 108 Å². The Bertz CT molecular complexity index is 1670. The largest absolute Gasteiger partial charge is 0.496 e. The van der Waals surface area contributed by atoms with Crippen LogP contribution in [0.4, 0.5) is 36.4 Å². The Morgan fingerprint density at radius 2 is 1.63 bits per heavy atom. The van der Waals surface area contributed by atoms with Crippen molar-refractivity contribution >= 4 is 23.4 Å². The predicted molar refractivity (Wildman–Crippen MR) is 161 cm³/mol. The zero-order valence-electron chi connectivity index (χ0n) is 26.2. The van der Waals surface area contributed by atoms with Crippen molar-refractivity contribution in [1.82, 2.24) is 10.2 Å². The number of carbonyl (C=O) groups is 3. The Balaban J connectivity index is 1.24. The summed E-state index contributed by atoms with van der Waals surface area (Å²) < 4.78 is 100.0. The van der Waals surface area contributed by atoms with Crippen LogP contribution in [-0.2, 0) is 15.8 Å². The molecule has 1 aliphatic heterocycles. The van der Waals surface area contributed by atoms with Crippen molar-refractivity contribution in [3.8, 4) is 5.75 Å². The molecule has 15 heteroatoms. The second-order valence-electron chi connectivity index (χ2n) is 13.1. The maximum Gasteiger partial charge on any atom is 0.419 e. The van der Waals surface area contributed by atoms with Crippen LogP contribution in [0.25, 0.3) is 0 Å². The first-order valence-electron chi connectivity index (χ1n) is 16.0. The highest BCUT2D eigenvalue weighted by Crippen LogP contribution is 2.54. The first kappa shape index (κ1) is 34.7. The molecule has 0 radical (unpaired) electrons. The number of piperidine rings is 1. The van der Waals surface area contributed by atoms with Crippen LogP contribution in [0.1, 0.15) is 59.5 Å². The molecule has 49 heavy (non-hydrogen) atoms. The summed E-state index contributed by atoms with van der Waals surface area (Å²) in [6.07, 6.45) is -8.15. The van der Waals surface area contributed by atoms with Gasteiger partial charge in [-0.05, 0) is 79.8 Å². The molecule has 264 valence electrons. The molecule has 6 rings (SSSR count). The smallest absolute Gasteiger partial charge is 0.419 e. The van der Waals surface area contributed by atoms with Crippen molar-refractivity contribution < 1.29 is 55.0 Å². The zero-order valence-corrected chi connectivity index (χ0v) is 26.2. The third-order valence-corrected chi connectivity index (χ3v) is 10.1. The Hall–Kier alpha value is -4.14. The number of methoxy groups -OCH3 is 1. The number of hydrogen-bond donors (Lipinski definition) is 3. The summed E-state index contributed by atoms with van der Waals surface area (Å²) in [6.45, 7) is 0.903. The Kier molecular flexibility index (Phi) is 9.18. The van der Waals surface area contributed by atoms with Gasteiger partial charge in [0.05, 0.1) is 30.3 Å². The fraction of sp³-hybridized carbons (Fsp3) is 0.500. The lowest BCUT2D eigenvalue weighted by Crippen LogP contribution is -2.48. The van der Waals surface area contributed by atoms with E-state index in [1.807, 2.05) is 0 Å². The summed E-state index contributed by atoms with van der Waals surface area (Å²) in [5, 5.41) is 14.8. The number of alkyl halides is 6. The van der Waals surface area contributed by atoms with E-state index in [1.165, 1.54) is 7.11 Å². The van der Waals surface area contributed by atoms with Gasteiger partial charge in [0.2, 0.25) is 11.8 Å².